The van der Waals surface area contributed by atoms with Crippen LogP contribution in [0, 0.1) is 0 Å². The van der Waals surface area contributed by atoms with E-state index in [-0.39, 0.29) is 5.91 Å². The number of fused-ring (bicyclic) bond motifs is 2. The summed E-state index contributed by atoms with van der Waals surface area (Å²) >= 11 is 6.16. The highest BCUT2D eigenvalue weighted by molar-refractivity contribution is 6.33. The topological polar surface area (TPSA) is 42.4 Å². The first-order valence-electron chi connectivity index (χ1n) is 7.24. The summed E-state index contributed by atoms with van der Waals surface area (Å²) in [5, 5.41) is 0.402. The lowest BCUT2D eigenvalue weighted by molar-refractivity contribution is 0.0664. The largest absolute Gasteiger partial charge is 0.481 e. The Bertz CT molecular complexity index is 507. The van der Waals surface area contributed by atoms with E-state index < -0.39 is 0 Å². The first-order valence-corrected chi connectivity index (χ1v) is 7.61. The van der Waals surface area contributed by atoms with Crippen LogP contribution in [-0.4, -0.2) is 35.0 Å². The van der Waals surface area contributed by atoms with Crippen molar-refractivity contribution in [1.82, 2.24) is 9.88 Å². The average molecular weight is 295 g/mol. The van der Waals surface area contributed by atoms with Crippen LogP contribution in [0.5, 0.6) is 5.88 Å². The SMILES string of the molecule is COc1ccc(Cl)c(C(=O)N2C3CCCCC2CC3)n1. The Morgan fingerprint density at radius 3 is 2.50 bits per heavy atom. The van der Waals surface area contributed by atoms with E-state index in [0.717, 1.165) is 25.7 Å². The number of carbonyl (C=O) groups excluding carboxylic acids is 1. The highest BCUT2D eigenvalue weighted by Crippen LogP contribution is 2.36. The predicted octanol–water partition coefficient (Wildman–Crippen LogP) is 3.29. The Balaban J connectivity index is 1.92. The lowest BCUT2D eigenvalue weighted by atomic mass is 10.0. The zero-order valence-corrected chi connectivity index (χ0v) is 12.4. The molecule has 2 unspecified atom stereocenters. The van der Waals surface area contributed by atoms with Gasteiger partial charge in [0, 0.05) is 18.2 Å². The van der Waals surface area contributed by atoms with Gasteiger partial charge in [-0.15, -0.1) is 0 Å². The summed E-state index contributed by atoms with van der Waals surface area (Å²) < 4.78 is 5.10. The van der Waals surface area contributed by atoms with Crippen LogP contribution in [0.4, 0.5) is 0 Å². The van der Waals surface area contributed by atoms with Crippen molar-refractivity contribution >= 4 is 17.5 Å². The van der Waals surface area contributed by atoms with E-state index in [2.05, 4.69) is 4.98 Å². The molecular weight excluding hydrogens is 276 g/mol. The van der Waals surface area contributed by atoms with Crippen LogP contribution in [0.15, 0.2) is 12.1 Å². The van der Waals surface area contributed by atoms with E-state index in [1.807, 2.05) is 4.90 Å². The third kappa shape index (κ3) is 2.37. The van der Waals surface area contributed by atoms with Gasteiger partial charge in [0.05, 0.1) is 12.1 Å². The number of ether oxygens (including phenoxy) is 1. The highest BCUT2D eigenvalue weighted by Gasteiger charge is 2.39. The molecule has 1 aromatic rings. The zero-order chi connectivity index (χ0) is 14.1. The molecule has 2 fully saturated rings. The quantitative estimate of drug-likeness (QED) is 0.840. The lowest BCUT2D eigenvalue weighted by Gasteiger charge is -2.28. The molecule has 1 amide bonds. The van der Waals surface area contributed by atoms with Gasteiger partial charge in [0.25, 0.3) is 5.91 Å². The van der Waals surface area contributed by atoms with Gasteiger partial charge in [-0.3, -0.25) is 4.79 Å². The molecule has 4 nitrogen and oxygen atoms in total. The van der Waals surface area contributed by atoms with Crippen molar-refractivity contribution in [2.45, 2.75) is 50.6 Å². The maximum Gasteiger partial charge on any atom is 0.274 e. The second-order valence-corrected chi connectivity index (χ2v) is 5.97. The fraction of sp³-hybridized carbons (Fsp3) is 0.600. The summed E-state index contributed by atoms with van der Waals surface area (Å²) in [7, 11) is 1.54. The van der Waals surface area contributed by atoms with Gasteiger partial charge in [0.2, 0.25) is 5.88 Å². The number of hydrogen-bond donors (Lipinski definition) is 0. The van der Waals surface area contributed by atoms with Gasteiger partial charge in [0.1, 0.15) is 0 Å². The summed E-state index contributed by atoms with van der Waals surface area (Å²) in [4.78, 5) is 19.1. The van der Waals surface area contributed by atoms with Gasteiger partial charge in [-0.1, -0.05) is 24.4 Å². The Hall–Kier alpha value is -1.29. The molecule has 0 aliphatic carbocycles. The smallest absolute Gasteiger partial charge is 0.274 e. The summed E-state index contributed by atoms with van der Waals surface area (Å²) in [6, 6.07) is 4.08. The summed E-state index contributed by atoms with van der Waals surface area (Å²) in [6.45, 7) is 0. The second-order valence-electron chi connectivity index (χ2n) is 5.57. The number of rotatable bonds is 2. The summed E-state index contributed by atoms with van der Waals surface area (Å²) in [5.74, 6) is 0.392. The Labute approximate surface area is 124 Å². The molecule has 2 saturated heterocycles. The minimum Gasteiger partial charge on any atom is -0.481 e. The van der Waals surface area contributed by atoms with Crippen molar-refractivity contribution in [2.24, 2.45) is 0 Å². The van der Waals surface area contributed by atoms with Gasteiger partial charge in [-0.05, 0) is 31.7 Å². The van der Waals surface area contributed by atoms with Crippen LogP contribution >= 0.6 is 11.6 Å². The van der Waals surface area contributed by atoms with Gasteiger partial charge >= 0.3 is 0 Å². The van der Waals surface area contributed by atoms with Crippen LogP contribution in [0.1, 0.15) is 49.0 Å². The third-order valence-electron chi connectivity index (χ3n) is 4.41. The highest BCUT2D eigenvalue weighted by atomic mass is 35.5. The van der Waals surface area contributed by atoms with Crippen LogP contribution in [0.2, 0.25) is 5.02 Å². The van der Waals surface area contributed by atoms with E-state index in [0.29, 0.717) is 28.7 Å². The average Bonchev–Trinajstić information content (AvgIpc) is 2.72. The number of methoxy groups -OCH3 is 1. The molecule has 3 heterocycles. The monoisotopic (exact) mass is 294 g/mol. The van der Waals surface area contributed by atoms with Crippen molar-refractivity contribution in [3.05, 3.63) is 22.8 Å². The van der Waals surface area contributed by atoms with Crippen LogP contribution in [-0.2, 0) is 0 Å². The number of carbonyl (C=O) groups is 1. The zero-order valence-electron chi connectivity index (χ0n) is 11.6. The Kier molecular flexibility index (Phi) is 3.83. The van der Waals surface area contributed by atoms with Crippen LogP contribution in [0.3, 0.4) is 0 Å². The van der Waals surface area contributed by atoms with E-state index in [1.54, 1.807) is 19.2 Å². The minimum absolute atomic E-state index is 0.0386. The van der Waals surface area contributed by atoms with E-state index in [9.17, 15) is 4.79 Å². The van der Waals surface area contributed by atoms with Gasteiger partial charge < -0.3 is 9.64 Å². The first-order chi connectivity index (χ1) is 9.70. The van der Waals surface area contributed by atoms with Crippen molar-refractivity contribution in [3.8, 4) is 5.88 Å². The van der Waals surface area contributed by atoms with Crippen LogP contribution < -0.4 is 4.74 Å². The molecule has 2 bridgehead atoms. The standard InChI is InChI=1S/C15H19ClN2O2/c1-20-13-9-8-12(16)14(17-13)15(19)18-10-4-2-3-5-11(18)7-6-10/h8-11H,2-7H2,1H3. The van der Waals surface area contributed by atoms with Crippen molar-refractivity contribution in [3.63, 3.8) is 0 Å². The number of halogens is 1. The molecule has 0 saturated carbocycles. The maximum atomic E-state index is 12.8. The minimum atomic E-state index is -0.0386. The third-order valence-corrected chi connectivity index (χ3v) is 4.72. The molecule has 108 valence electrons. The molecule has 5 heteroatoms. The molecule has 0 spiro atoms. The molecule has 1 aromatic heterocycles. The molecule has 0 aromatic carbocycles. The van der Waals surface area contributed by atoms with E-state index in [4.69, 9.17) is 16.3 Å². The molecule has 0 N–H and O–H groups in total. The number of aromatic nitrogens is 1. The fourth-order valence-corrected chi connectivity index (χ4v) is 3.62. The number of amides is 1. The van der Waals surface area contributed by atoms with Gasteiger partial charge in [0.15, 0.2) is 5.69 Å². The molecule has 0 radical (unpaired) electrons. The normalized spacial score (nSPS) is 25.4. The maximum absolute atomic E-state index is 12.8. The van der Waals surface area contributed by atoms with Crippen LogP contribution in [0.25, 0.3) is 0 Å². The van der Waals surface area contributed by atoms with Crippen molar-refractivity contribution in [1.29, 1.82) is 0 Å². The van der Waals surface area contributed by atoms with Gasteiger partial charge in [-0.25, -0.2) is 4.98 Å². The molecule has 20 heavy (non-hydrogen) atoms. The molecule has 2 aliphatic heterocycles. The summed E-state index contributed by atoms with van der Waals surface area (Å²) in [6.07, 6.45) is 6.85. The summed E-state index contributed by atoms with van der Waals surface area (Å²) in [5.41, 5.74) is 0.324. The van der Waals surface area contributed by atoms with Crippen molar-refractivity contribution in [2.75, 3.05) is 7.11 Å². The lowest BCUT2D eigenvalue weighted by Crippen LogP contribution is -2.40. The molecule has 2 aliphatic rings. The number of nitrogens with zero attached hydrogens (tertiary/aromatic N) is 2. The Morgan fingerprint density at radius 2 is 1.90 bits per heavy atom. The van der Waals surface area contributed by atoms with E-state index in [1.165, 1.54) is 12.8 Å². The molecular formula is C15H19ClN2O2. The predicted molar refractivity (Wildman–Crippen MR) is 77.2 cm³/mol. The van der Waals surface area contributed by atoms with E-state index >= 15 is 0 Å². The molecule has 2 atom stereocenters. The number of hydrogen-bond acceptors (Lipinski definition) is 3. The Morgan fingerprint density at radius 1 is 1.25 bits per heavy atom. The first kappa shape index (κ1) is 13.7. The van der Waals surface area contributed by atoms with Crippen molar-refractivity contribution < 1.29 is 9.53 Å². The fourth-order valence-electron chi connectivity index (χ4n) is 3.43. The second kappa shape index (κ2) is 5.60. The number of pyridine rings is 1. The molecule has 3 rings (SSSR count). The van der Waals surface area contributed by atoms with Gasteiger partial charge in [-0.2, -0.15) is 0 Å².